The number of rotatable bonds is 8. The summed E-state index contributed by atoms with van der Waals surface area (Å²) in [6.07, 6.45) is 0.101. The van der Waals surface area contributed by atoms with Crippen LogP contribution in [0.1, 0.15) is 42.5 Å². The highest BCUT2D eigenvalue weighted by molar-refractivity contribution is 7.10. The highest BCUT2D eigenvalue weighted by Crippen LogP contribution is 2.52. The number of carbonyl (C=O) groups is 3. The summed E-state index contributed by atoms with van der Waals surface area (Å²) < 4.78 is 25.3. The number of ketones is 1. The molecule has 0 radical (unpaired) electrons. The molecule has 5 rings (SSSR count). The number of allylic oxidation sites excluding steroid dienone is 2. The Morgan fingerprint density at radius 1 is 1.09 bits per heavy atom. The van der Waals surface area contributed by atoms with Gasteiger partial charge in [-0.1, -0.05) is 24.3 Å². The number of thiophene rings is 1. The van der Waals surface area contributed by atoms with Gasteiger partial charge in [-0.3, -0.25) is 24.6 Å². The average Bonchev–Trinajstić information content (AvgIpc) is 3.51. The van der Waals surface area contributed by atoms with E-state index >= 15 is 0 Å². The fraction of sp³-hybridized carbons (Fsp3) is 0.258. The van der Waals surface area contributed by atoms with Gasteiger partial charge in [0.25, 0.3) is 5.69 Å². The number of Topliss-reactive ketones (excluding diaryl/α,β-unsaturated/α-hetero) is 1. The molecule has 2 aliphatic rings. The van der Waals surface area contributed by atoms with E-state index in [9.17, 15) is 28.9 Å². The molecule has 2 heterocycles. The number of hydrogen-bond acceptors (Lipinski definition) is 10. The number of esters is 2. The minimum absolute atomic E-state index is 0.0248. The summed E-state index contributed by atoms with van der Waals surface area (Å²) in [5.41, 5.74) is 7.17. The molecule has 10 nitrogen and oxygen atoms in total. The molecule has 3 aromatic rings. The monoisotopic (exact) mass is 605 g/mol. The Hall–Kier alpha value is -4.84. The van der Waals surface area contributed by atoms with Crippen LogP contribution in [-0.4, -0.2) is 35.9 Å². The van der Waals surface area contributed by atoms with E-state index in [2.05, 4.69) is 0 Å². The van der Waals surface area contributed by atoms with E-state index in [1.165, 1.54) is 52.6 Å². The fourth-order valence-corrected chi connectivity index (χ4v) is 6.64. The summed E-state index contributed by atoms with van der Waals surface area (Å²) in [7, 11) is 0. The molecule has 3 atom stereocenters. The largest absolute Gasteiger partial charge is 0.465 e. The molecule has 222 valence electrons. The molecule has 2 N–H and O–H groups in total. The van der Waals surface area contributed by atoms with Crippen molar-refractivity contribution in [1.29, 1.82) is 0 Å². The number of nitro groups is 1. The SMILES string of the molecule is CCOC(=O)C1=C(N)N(c2cccc(F)c2)C2=C(C(=O)[C@H](C(=O)OCC)[C@H](c3cccs3)C2)[C@H]1c1cccc([N+](=O)[O-])c1. The van der Waals surface area contributed by atoms with Gasteiger partial charge in [0.15, 0.2) is 5.78 Å². The van der Waals surface area contributed by atoms with Gasteiger partial charge < -0.3 is 15.2 Å². The number of anilines is 1. The third-order valence-corrected chi connectivity index (χ3v) is 8.47. The maximum atomic E-state index is 14.7. The number of benzene rings is 2. The van der Waals surface area contributed by atoms with Gasteiger partial charge in [-0.2, -0.15) is 0 Å². The van der Waals surface area contributed by atoms with Crippen molar-refractivity contribution in [3.05, 3.63) is 115 Å². The molecule has 12 heteroatoms. The Balaban J connectivity index is 1.84. The van der Waals surface area contributed by atoms with Gasteiger partial charge in [-0.05, 0) is 55.5 Å². The summed E-state index contributed by atoms with van der Waals surface area (Å²) in [5, 5.41) is 13.5. The van der Waals surface area contributed by atoms with Crippen molar-refractivity contribution < 1.29 is 33.2 Å². The molecule has 0 bridgehead atoms. The third-order valence-electron chi connectivity index (χ3n) is 7.46. The smallest absolute Gasteiger partial charge is 0.338 e. The zero-order chi connectivity index (χ0) is 30.8. The molecule has 2 aromatic carbocycles. The zero-order valence-electron chi connectivity index (χ0n) is 23.3. The standard InChI is InChI=1S/C31H28FN3O7S/c1-3-41-30(37)25-21(23-12-7-13-43-23)16-22-26(28(25)36)24(17-8-5-11-20(14-17)35(39)40)27(31(38)42-4-2)29(33)34(22)19-10-6-9-18(32)15-19/h5-15,21,24-25H,3-4,16,33H2,1-2H3/t21-,24+,25+/m0/s1. The van der Waals surface area contributed by atoms with Gasteiger partial charge >= 0.3 is 11.9 Å². The predicted molar refractivity (Wildman–Crippen MR) is 156 cm³/mol. The fourth-order valence-electron chi connectivity index (χ4n) is 5.77. The highest BCUT2D eigenvalue weighted by Gasteiger charge is 2.51. The second kappa shape index (κ2) is 12.2. The van der Waals surface area contributed by atoms with Gasteiger partial charge in [0, 0.05) is 34.2 Å². The van der Waals surface area contributed by atoms with Gasteiger partial charge in [-0.15, -0.1) is 11.3 Å². The number of halogens is 1. The van der Waals surface area contributed by atoms with E-state index in [0.29, 0.717) is 5.70 Å². The molecule has 0 amide bonds. The number of nitrogens with zero attached hydrogens (tertiary/aromatic N) is 2. The topological polar surface area (TPSA) is 142 Å². The molecule has 0 saturated heterocycles. The predicted octanol–water partition coefficient (Wildman–Crippen LogP) is 5.32. The lowest BCUT2D eigenvalue weighted by Crippen LogP contribution is -2.46. The number of hydrogen-bond donors (Lipinski definition) is 1. The minimum atomic E-state index is -1.27. The van der Waals surface area contributed by atoms with Gasteiger partial charge in [0.05, 0.1) is 35.3 Å². The first-order valence-corrected chi connectivity index (χ1v) is 14.5. The van der Waals surface area contributed by atoms with E-state index < -0.39 is 46.2 Å². The maximum Gasteiger partial charge on any atom is 0.338 e. The van der Waals surface area contributed by atoms with Crippen molar-refractivity contribution in [2.45, 2.75) is 32.1 Å². The van der Waals surface area contributed by atoms with E-state index in [-0.39, 0.29) is 53.5 Å². The lowest BCUT2D eigenvalue weighted by molar-refractivity contribution is -0.384. The van der Waals surface area contributed by atoms with Crippen molar-refractivity contribution in [1.82, 2.24) is 0 Å². The van der Waals surface area contributed by atoms with Crippen molar-refractivity contribution in [2.75, 3.05) is 18.1 Å². The Kier molecular flexibility index (Phi) is 8.40. The summed E-state index contributed by atoms with van der Waals surface area (Å²) in [4.78, 5) is 55.0. The van der Waals surface area contributed by atoms with Gasteiger partial charge in [0.2, 0.25) is 0 Å². The van der Waals surface area contributed by atoms with E-state index in [1.54, 1.807) is 32.0 Å². The Morgan fingerprint density at radius 2 is 1.84 bits per heavy atom. The minimum Gasteiger partial charge on any atom is -0.465 e. The molecule has 0 spiro atoms. The van der Waals surface area contributed by atoms with Crippen LogP contribution < -0.4 is 10.6 Å². The summed E-state index contributed by atoms with van der Waals surface area (Å²) in [5.74, 6) is -6.03. The lowest BCUT2D eigenvalue weighted by Gasteiger charge is -2.43. The first kappa shape index (κ1) is 29.6. The van der Waals surface area contributed by atoms with E-state index in [0.717, 1.165) is 4.88 Å². The molecular weight excluding hydrogens is 577 g/mol. The van der Waals surface area contributed by atoms with Crippen molar-refractivity contribution in [2.24, 2.45) is 11.7 Å². The summed E-state index contributed by atoms with van der Waals surface area (Å²) in [6.45, 7) is 3.25. The quantitative estimate of drug-likeness (QED) is 0.156. The normalized spacial score (nSPS) is 20.1. The first-order valence-electron chi connectivity index (χ1n) is 13.6. The molecule has 0 unspecified atom stereocenters. The molecule has 0 fully saturated rings. The Bertz CT molecular complexity index is 1670. The maximum absolute atomic E-state index is 14.7. The third kappa shape index (κ3) is 5.41. The van der Waals surface area contributed by atoms with Crippen LogP contribution in [0.3, 0.4) is 0 Å². The van der Waals surface area contributed by atoms with Gasteiger partial charge in [0.1, 0.15) is 17.6 Å². The van der Waals surface area contributed by atoms with Crippen molar-refractivity contribution in [3.63, 3.8) is 0 Å². The lowest BCUT2D eigenvalue weighted by atomic mass is 9.68. The number of carbonyl (C=O) groups excluding carboxylic acids is 3. The van der Waals surface area contributed by atoms with Crippen LogP contribution in [0, 0.1) is 21.8 Å². The molecule has 43 heavy (non-hydrogen) atoms. The Morgan fingerprint density at radius 3 is 2.49 bits per heavy atom. The number of ether oxygens (including phenoxy) is 2. The van der Waals surface area contributed by atoms with Crippen LogP contribution in [0.4, 0.5) is 15.8 Å². The van der Waals surface area contributed by atoms with Crippen molar-refractivity contribution in [3.8, 4) is 0 Å². The van der Waals surface area contributed by atoms with Crippen LogP contribution in [0.25, 0.3) is 0 Å². The number of nitro benzene ring substituents is 1. The Labute approximate surface area is 250 Å². The zero-order valence-corrected chi connectivity index (χ0v) is 24.1. The average molecular weight is 606 g/mol. The van der Waals surface area contributed by atoms with Crippen LogP contribution >= 0.6 is 11.3 Å². The number of non-ortho nitro benzene ring substituents is 1. The van der Waals surface area contributed by atoms with E-state index in [1.807, 2.05) is 11.4 Å². The summed E-state index contributed by atoms with van der Waals surface area (Å²) >= 11 is 1.37. The van der Waals surface area contributed by atoms with Gasteiger partial charge in [-0.25, -0.2) is 9.18 Å². The molecule has 0 saturated carbocycles. The molecule has 1 aromatic heterocycles. The number of nitrogens with two attached hydrogens (primary N) is 1. The molecule has 1 aliphatic heterocycles. The van der Waals surface area contributed by atoms with Crippen LogP contribution in [-0.2, 0) is 23.9 Å². The second-order valence-electron chi connectivity index (χ2n) is 9.90. The van der Waals surface area contributed by atoms with Crippen LogP contribution in [0.5, 0.6) is 0 Å². The van der Waals surface area contributed by atoms with Crippen molar-refractivity contribution >= 4 is 40.4 Å². The molecule has 1 aliphatic carbocycles. The summed E-state index contributed by atoms with van der Waals surface area (Å²) in [6, 6.07) is 14.7. The highest BCUT2D eigenvalue weighted by atomic mass is 32.1. The van der Waals surface area contributed by atoms with Crippen LogP contribution in [0.2, 0.25) is 0 Å². The van der Waals surface area contributed by atoms with E-state index in [4.69, 9.17) is 15.2 Å². The second-order valence-corrected chi connectivity index (χ2v) is 10.9. The molecular formula is C31H28FN3O7S. The first-order chi connectivity index (χ1) is 20.7. The van der Waals surface area contributed by atoms with Crippen LogP contribution in [0.15, 0.2) is 88.7 Å².